The third-order valence-electron chi connectivity index (χ3n) is 4.64. The molecule has 192 valence electrons. The number of rotatable bonds is 8. The Kier molecular flexibility index (Phi) is 12.1. The van der Waals surface area contributed by atoms with Crippen LogP contribution in [-0.2, 0) is 19.5 Å². The third-order valence-corrected chi connectivity index (χ3v) is 6.08. The molecule has 19 heteroatoms. The third kappa shape index (κ3) is 8.09. The normalized spacial score (nSPS) is 11.3. The molecular weight excluding hydrogens is 589 g/mol. The van der Waals surface area contributed by atoms with Crippen LogP contribution < -0.4 is 69.7 Å². The van der Waals surface area contributed by atoms with Crippen molar-refractivity contribution in [3.63, 3.8) is 0 Å². The number of nitrogens with one attached hydrogen (secondary N) is 1. The fraction of sp³-hybridized carbons (Fsp3) is 0. The van der Waals surface area contributed by atoms with Crippen molar-refractivity contribution in [1.82, 2.24) is 9.97 Å². The Bertz CT molecular complexity index is 1650. The zero-order valence-corrected chi connectivity index (χ0v) is 25.4. The van der Waals surface area contributed by atoms with Gasteiger partial charge in [0.1, 0.15) is 21.5 Å². The predicted octanol–water partition coefficient (Wildman–Crippen LogP) is -1.95. The maximum absolute atomic E-state index is 13.8. The van der Waals surface area contributed by atoms with Crippen LogP contribution in [-0.4, -0.2) is 28.0 Å². The number of phenols is 1. The molecule has 12 nitrogen and oxygen atoms in total. The molecule has 0 spiro atoms. The van der Waals surface area contributed by atoms with Crippen molar-refractivity contribution in [3.8, 4) is 5.75 Å². The monoisotopic (exact) mass is 599 g/mol. The average Bonchev–Trinajstić information content (AvgIpc) is 2.85. The Morgan fingerprint density at radius 3 is 2.36 bits per heavy atom. The molecule has 1 aromatic heterocycles. The number of halogens is 3. The van der Waals surface area contributed by atoms with Gasteiger partial charge in [-0.1, -0.05) is 6.07 Å². The number of benzene rings is 3. The number of hydrogen-bond acceptors (Lipinski definition) is 13. The van der Waals surface area contributed by atoms with E-state index in [2.05, 4.69) is 34.9 Å². The number of anilines is 2. The van der Waals surface area contributed by atoms with E-state index < -0.39 is 44.4 Å². The molecule has 0 aliphatic rings. The topological polar surface area (TPSA) is 181 Å². The van der Waals surface area contributed by atoms with E-state index in [4.69, 9.17) is 0 Å². The molecular formula is C20H10F3N5Na2O7S2. The molecule has 39 heavy (non-hydrogen) atoms. The summed E-state index contributed by atoms with van der Waals surface area (Å²) in [6, 6.07) is 10.3. The van der Waals surface area contributed by atoms with Crippen molar-refractivity contribution in [1.29, 1.82) is 0 Å². The van der Waals surface area contributed by atoms with Gasteiger partial charge in [0.05, 0.1) is 16.9 Å². The summed E-state index contributed by atoms with van der Waals surface area (Å²) in [4.78, 5) is 5.20. The molecule has 0 amide bonds. The van der Waals surface area contributed by atoms with Gasteiger partial charge < -0.3 is 20.2 Å². The molecule has 0 saturated carbocycles. The largest absolute Gasteiger partial charge is 1.00 e. The number of phenolic OH excluding ortho intramolecular Hbond substituents is 1. The van der Waals surface area contributed by atoms with Crippen molar-refractivity contribution in [2.75, 3.05) is 5.32 Å². The van der Waals surface area contributed by atoms with E-state index in [-0.39, 0.29) is 76.2 Å². The second-order valence-corrected chi connectivity index (χ2v) is 9.07. The van der Waals surface area contributed by atoms with Crippen molar-refractivity contribution < 1.29 is 105 Å². The van der Waals surface area contributed by atoms with Gasteiger partial charge in [0, 0.05) is 16.0 Å². The van der Waals surface area contributed by atoms with E-state index in [1.165, 1.54) is 24.3 Å². The molecule has 0 aliphatic carbocycles. The first kappa shape index (κ1) is 33.3. The van der Waals surface area contributed by atoms with Crippen LogP contribution in [0.1, 0.15) is 0 Å². The zero-order chi connectivity index (χ0) is 26.7. The zero-order valence-electron chi connectivity index (χ0n) is 19.8. The van der Waals surface area contributed by atoms with Crippen LogP contribution in [0.15, 0.2) is 68.6 Å². The summed E-state index contributed by atoms with van der Waals surface area (Å²) in [5.74, 6) is -4.69. The number of hydrogen-bond donors (Lipinski definition) is 2. The van der Waals surface area contributed by atoms with Crippen LogP contribution in [0.5, 0.6) is 5.75 Å². The molecule has 1 heterocycles. The quantitative estimate of drug-likeness (QED) is 0.0336. The van der Waals surface area contributed by atoms with Gasteiger partial charge in [0.25, 0.3) is 5.95 Å². The molecule has 4 rings (SSSR count). The summed E-state index contributed by atoms with van der Waals surface area (Å²) in [7, 11) is -5.16. The standard InChI is InChI=1S/C20H12F3N5O7S2.2Na/c21-16-18(22)25-20(23)26-19(16)24-10-2-6-13(15(8-10)37(31,32)33)27-28-14-5-1-9-7-11(36-35-34-30)3-4-12(9)17(14)29;;/h1-8,29-30H,(H,24,25,26)(H,31,32,33);;/q;2*+1/p-2. The van der Waals surface area contributed by atoms with Crippen LogP contribution >= 0.6 is 12.0 Å². The molecule has 0 unspecified atom stereocenters. The van der Waals surface area contributed by atoms with Gasteiger partial charge >= 0.3 is 65.2 Å². The fourth-order valence-electron chi connectivity index (χ4n) is 3.06. The van der Waals surface area contributed by atoms with Gasteiger partial charge in [-0.05, 0) is 47.9 Å². The maximum Gasteiger partial charge on any atom is 1.00 e. The molecule has 2 N–H and O–H groups in total. The van der Waals surface area contributed by atoms with E-state index >= 15 is 0 Å². The van der Waals surface area contributed by atoms with Crippen molar-refractivity contribution in [3.05, 3.63) is 66.4 Å². The Morgan fingerprint density at radius 2 is 1.67 bits per heavy atom. The van der Waals surface area contributed by atoms with Gasteiger partial charge in [-0.25, -0.2) is 8.42 Å². The van der Waals surface area contributed by atoms with E-state index in [9.17, 15) is 36.5 Å². The van der Waals surface area contributed by atoms with Crippen LogP contribution in [0.3, 0.4) is 0 Å². The summed E-state index contributed by atoms with van der Waals surface area (Å²) in [6.07, 6.45) is -1.58. The molecule has 0 saturated heterocycles. The Morgan fingerprint density at radius 1 is 0.974 bits per heavy atom. The number of nitrogens with zero attached hydrogens (tertiary/aromatic N) is 4. The van der Waals surface area contributed by atoms with Gasteiger partial charge in [0.15, 0.2) is 11.6 Å². The number of aromatic nitrogens is 2. The van der Waals surface area contributed by atoms with Crippen LogP contribution in [0.2, 0.25) is 0 Å². The minimum absolute atomic E-state index is 0. The Labute approximate surface area is 266 Å². The summed E-state index contributed by atoms with van der Waals surface area (Å²) in [5, 5.41) is 34.3. The molecule has 0 aliphatic heterocycles. The summed E-state index contributed by atoms with van der Waals surface area (Å²) < 4.78 is 80.0. The number of azo groups is 1. The van der Waals surface area contributed by atoms with E-state index in [1.54, 1.807) is 6.07 Å². The molecule has 0 fully saturated rings. The Hall–Kier alpha value is -1.87. The smallest absolute Gasteiger partial charge is 0.744 e. The molecule has 4 aromatic rings. The van der Waals surface area contributed by atoms with Gasteiger partial charge in [0.2, 0.25) is 5.82 Å². The first-order valence-corrected chi connectivity index (χ1v) is 11.8. The SMILES string of the molecule is O=S(=O)([O-])c1cc(Nc2nc(F)nc(F)c2F)ccc1N=Nc1ccc2cc(SOO[O-])ccc2c1O.[Na+].[Na+]. The summed E-state index contributed by atoms with van der Waals surface area (Å²) >= 11 is 0.645. The first-order chi connectivity index (χ1) is 17.6. The van der Waals surface area contributed by atoms with Crippen LogP contribution in [0.4, 0.5) is 36.1 Å². The molecule has 3 aromatic carbocycles. The Balaban J connectivity index is 0.00000267. The summed E-state index contributed by atoms with van der Waals surface area (Å²) in [5.41, 5.74) is -0.794. The van der Waals surface area contributed by atoms with Crippen LogP contribution in [0.25, 0.3) is 10.8 Å². The van der Waals surface area contributed by atoms with E-state index in [0.29, 0.717) is 27.7 Å². The minimum Gasteiger partial charge on any atom is -0.744 e. The number of fused-ring (bicyclic) bond motifs is 1. The number of aromatic hydroxyl groups is 1. The van der Waals surface area contributed by atoms with E-state index in [1.807, 2.05) is 0 Å². The van der Waals surface area contributed by atoms with Crippen LogP contribution in [0, 0.1) is 17.8 Å². The van der Waals surface area contributed by atoms with Crippen molar-refractivity contribution in [2.24, 2.45) is 10.2 Å². The molecule has 0 radical (unpaired) electrons. The molecule has 0 bridgehead atoms. The van der Waals surface area contributed by atoms with Crippen molar-refractivity contribution in [2.45, 2.75) is 9.79 Å². The fourth-order valence-corrected chi connectivity index (χ4v) is 4.10. The van der Waals surface area contributed by atoms with Gasteiger partial charge in [-0.3, -0.25) is 5.04 Å². The van der Waals surface area contributed by atoms with E-state index in [0.717, 1.165) is 18.2 Å². The molecule has 0 atom stereocenters. The first-order valence-electron chi connectivity index (χ1n) is 9.63. The second kappa shape index (κ2) is 14.2. The maximum atomic E-state index is 13.8. The minimum atomic E-state index is -5.16. The van der Waals surface area contributed by atoms with Crippen molar-refractivity contribution >= 4 is 55.8 Å². The average molecular weight is 599 g/mol. The van der Waals surface area contributed by atoms with Gasteiger partial charge in [-0.2, -0.15) is 27.5 Å². The second-order valence-electron chi connectivity index (χ2n) is 6.94. The van der Waals surface area contributed by atoms with Gasteiger partial charge in [-0.15, -0.1) is 10.2 Å². The summed E-state index contributed by atoms with van der Waals surface area (Å²) in [6.45, 7) is 0. The predicted molar refractivity (Wildman–Crippen MR) is 117 cm³/mol.